The highest BCUT2D eigenvalue weighted by Crippen LogP contribution is 2.16. The van der Waals surface area contributed by atoms with E-state index >= 15 is 0 Å². The number of hydrogen-bond acceptors (Lipinski definition) is 2. The molecule has 0 atom stereocenters. The van der Waals surface area contributed by atoms with Crippen molar-refractivity contribution in [2.75, 3.05) is 53.2 Å². The Morgan fingerprint density at radius 2 is 1.76 bits per heavy atom. The fraction of sp³-hybridized carbons (Fsp3) is 0.600. The number of urea groups is 1. The molecule has 0 spiro atoms. The number of anilines is 1. The Hall–Kier alpha value is -0.890. The zero-order valence-electron chi connectivity index (χ0n) is 14.1. The van der Waals surface area contributed by atoms with Crippen LogP contribution in [0.2, 0.25) is 0 Å². The molecule has 2 amide bonds. The SMILES string of the molecule is Cc1cc(C)nc(N(CC[N+](C)(C)C)C(=O)N(C)C)c1.[I-]. The fourth-order valence-electron chi connectivity index (χ4n) is 1.91. The Morgan fingerprint density at radius 3 is 2.19 bits per heavy atom. The van der Waals surface area contributed by atoms with Gasteiger partial charge >= 0.3 is 6.03 Å². The van der Waals surface area contributed by atoms with Crippen LogP contribution in [-0.4, -0.2) is 68.7 Å². The zero-order chi connectivity index (χ0) is 15.5. The van der Waals surface area contributed by atoms with Gasteiger partial charge in [-0.05, 0) is 31.5 Å². The topological polar surface area (TPSA) is 36.4 Å². The first-order valence-corrected chi connectivity index (χ1v) is 6.85. The van der Waals surface area contributed by atoms with Crippen molar-refractivity contribution in [1.29, 1.82) is 0 Å². The van der Waals surface area contributed by atoms with E-state index in [0.717, 1.165) is 28.1 Å². The number of aromatic nitrogens is 1. The molecule has 0 unspecified atom stereocenters. The van der Waals surface area contributed by atoms with Crippen molar-refractivity contribution in [3.8, 4) is 0 Å². The summed E-state index contributed by atoms with van der Waals surface area (Å²) >= 11 is 0. The molecular weight excluding hydrogens is 379 g/mol. The van der Waals surface area contributed by atoms with Gasteiger partial charge in [-0.2, -0.15) is 0 Å². The number of amides is 2. The highest BCUT2D eigenvalue weighted by atomic mass is 127. The molecule has 1 aromatic heterocycles. The quantitative estimate of drug-likeness (QED) is 0.470. The first-order chi connectivity index (χ1) is 9.10. The third kappa shape index (κ3) is 6.60. The smallest absolute Gasteiger partial charge is 0.325 e. The summed E-state index contributed by atoms with van der Waals surface area (Å²) in [7, 11) is 9.89. The summed E-state index contributed by atoms with van der Waals surface area (Å²) < 4.78 is 0.808. The van der Waals surface area contributed by atoms with Crippen molar-refractivity contribution >= 4 is 11.8 Å². The lowest BCUT2D eigenvalue weighted by Gasteiger charge is -2.30. The second-order valence-corrected chi connectivity index (χ2v) is 6.49. The van der Waals surface area contributed by atoms with Crippen LogP contribution >= 0.6 is 0 Å². The van der Waals surface area contributed by atoms with Gasteiger partial charge in [0.15, 0.2) is 0 Å². The standard InChI is InChI=1S/C15H27N4O.HI/c1-12-10-13(2)16-14(11-12)18(15(20)17(3)4)8-9-19(5,6)7;/h10-11H,8-9H2,1-7H3;1H/q+1;/p-1. The minimum Gasteiger partial charge on any atom is -1.00 e. The maximum Gasteiger partial charge on any atom is 0.325 e. The summed E-state index contributed by atoms with van der Waals surface area (Å²) in [6.07, 6.45) is 0. The van der Waals surface area contributed by atoms with Crippen LogP contribution in [0.5, 0.6) is 0 Å². The van der Waals surface area contributed by atoms with Crippen LogP contribution in [0.4, 0.5) is 10.6 Å². The van der Waals surface area contributed by atoms with Crippen LogP contribution in [0.15, 0.2) is 12.1 Å². The van der Waals surface area contributed by atoms with Crippen molar-refractivity contribution in [1.82, 2.24) is 9.88 Å². The summed E-state index contributed by atoms with van der Waals surface area (Å²) in [6.45, 7) is 5.50. The molecule has 1 heterocycles. The van der Waals surface area contributed by atoms with Gasteiger partial charge in [-0.1, -0.05) is 0 Å². The summed E-state index contributed by atoms with van der Waals surface area (Å²) in [4.78, 5) is 20.2. The van der Waals surface area contributed by atoms with Crippen molar-refractivity contribution in [3.63, 3.8) is 0 Å². The molecule has 6 heteroatoms. The lowest BCUT2D eigenvalue weighted by molar-refractivity contribution is -0.868. The van der Waals surface area contributed by atoms with Gasteiger partial charge in [0.05, 0.1) is 34.2 Å². The molecule has 0 saturated carbocycles. The number of halogens is 1. The highest BCUT2D eigenvalue weighted by Gasteiger charge is 2.21. The summed E-state index contributed by atoms with van der Waals surface area (Å²) in [6, 6.07) is 3.95. The first kappa shape index (κ1) is 20.1. The predicted molar refractivity (Wildman–Crippen MR) is 83.0 cm³/mol. The molecule has 0 saturated heterocycles. The predicted octanol–water partition coefficient (Wildman–Crippen LogP) is -1.10. The Kier molecular flexibility index (Phi) is 7.60. The molecule has 0 radical (unpaired) electrons. The van der Waals surface area contributed by atoms with E-state index in [2.05, 4.69) is 26.1 Å². The molecule has 1 rings (SSSR count). The molecule has 5 nitrogen and oxygen atoms in total. The van der Waals surface area contributed by atoms with Gasteiger partial charge in [0.1, 0.15) is 5.82 Å². The molecule has 0 N–H and O–H groups in total. The number of quaternary nitrogens is 1. The Morgan fingerprint density at radius 1 is 1.19 bits per heavy atom. The number of likely N-dealkylation sites (N-methyl/N-ethyl adjacent to an activating group) is 1. The molecular formula is C15H27IN4O. The van der Waals surface area contributed by atoms with Gasteiger partial charge in [-0.15, -0.1) is 0 Å². The van der Waals surface area contributed by atoms with Crippen molar-refractivity contribution in [3.05, 3.63) is 23.4 Å². The molecule has 0 aliphatic carbocycles. The maximum absolute atomic E-state index is 12.4. The number of nitrogens with zero attached hydrogens (tertiary/aromatic N) is 4. The Bertz CT molecular complexity index is 463. The van der Waals surface area contributed by atoms with E-state index in [1.54, 1.807) is 23.9 Å². The molecule has 0 bridgehead atoms. The van der Waals surface area contributed by atoms with Crippen LogP contribution in [0.3, 0.4) is 0 Å². The minimum atomic E-state index is -0.0315. The van der Waals surface area contributed by atoms with E-state index in [4.69, 9.17) is 0 Å². The van der Waals surface area contributed by atoms with Crippen molar-refractivity contribution in [2.45, 2.75) is 13.8 Å². The van der Waals surface area contributed by atoms with E-state index in [1.165, 1.54) is 0 Å². The van der Waals surface area contributed by atoms with Crippen LogP contribution in [0, 0.1) is 13.8 Å². The van der Waals surface area contributed by atoms with Crippen LogP contribution in [0.25, 0.3) is 0 Å². The lowest BCUT2D eigenvalue weighted by Crippen LogP contribution is -3.00. The fourth-order valence-corrected chi connectivity index (χ4v) is 1.91. The monoisotopic (exact) mass is 406 g/mol. The number of rotatable bonds is 4. The van der Waals surface area contributed by atoms with Gasteiger partial charge in [-0.3, -0.25) is 4.90 Å². The second kappa shape index (κ2) is 7.93. The molecule has 0 aromatic carbocycles. The zero-order valence-corrected chi connectivity index (χ0v) is 16.3. The summed E-state index contributed by atoms with van der Waals surface area (Å²) in [5, 5.41) is 0. The average Bonchev–Trinajstić information content (AvgIpc) is 2.25. The number of pyridine rings is 1. The third-order valence-corrected chi connectivity index (χ3v) is 2.97. The Balaban J connectivity index is 0.00000400. The molecule has 21 heavy (non-hydrogen) atoms. The normalized spacial score (nSPS) is 10.8. The van der Waals surface area contributed by atoms with Gasteiger partial charge in [0, 0.05) is 19.8 Å². The molecule has 0 aliphatic rings. The van der Waals surface area contributed by atoms with E-state index < -0.39 is 0 Å². The van der Waals surface area contributed by atoms with E-state index in [9.17, 15) is 4.79 Å². The summed E-state index contributed by atoms with van der Waals surface area (Å²) in [5.74, 6) is 0.731. The minimum absolute atomic E-state index is 0. The van der Waals surface area contributed by atoms with E-state index in [0.29, 0.717) is 6.54 Å². The maximum atomic E-state index is 12.4. The second-order valence-electron chi connectivity index (χ2n) is 6.49. The number of carbonyl (C=O) groups is 1. The van der Waals surface area contributed by atoms with Gasteiger partial charge in [0.2, 0.25) is 0 Å². The number of hydrogen-bond donors (Lipinski definition) is 0. The average molecular weight is 406 g/mol. The van der Waals surface area contributed by atoms with Gasteiger partial charge in [0.25, 0.3) is 0 Å². The van der Waals surface area contributed by atoms with Crippen molar-refractivity contribution in [2.24, 2.45) is 0 Å². The van der Waals surface area contributed by atoms with E-state index in [-0.39, 0.29) is 30.0 Å². The lowest BCUT2D eigenvalue weighted by atomic mass is 10.2. The number of aryl methyl sites for hydroxylation is 2. The van der Waals surface area contributed by atoms with Crippen LogP contribution in [0.1, 0.15) is 11.3 Å². The third-order valence-electron chi connectivity index (χ3n) is 2.97. The first-order valence-electron chi connectivity index (χ1n) is 6.85. The number of carbonyl (C=O) groups excluding carboxylic acids is 1. The van der Waals surface area contributed by atoms with Crippen molar-refractivity contribution < 1.29 is 33.3 Å². The molecule has 1 aromatic rings. The van der Waals surface area contributed by atoms with E-state index in [1.807, 2.05) is 26.0 Å². The Labute approximate surface area is 145 Å². The molecule has 0 aliphatic heterocycles. The van der Waals surface area contributed by atoms with Crippen LogP contribution < -0.4 is 28.9 Å². The van der Waals surface area contributed by atoms with Gasteiger partial charge < -0.3 is 33.4 Å². The van der Waals surface area contributed by atoms with Gasteiger partial charge in [-0.25, -0.2) is 9.78 Å². The molecule has 0 fully saturated rings. The summed E-state index contributed by atoms with van der Waals surface area (Å²) in [5.41, 5.74) is 2.05. The molecule has 120 valence electrons. The van der Waals surface area contributed by atoms with Crippen LogP contribution in [-0.2, 0) is 0 Å². The largest absolute Gasteiger partial charge is 1.00 e. The highest BCUT2D eigenvalue weighted by molar-refractivity contribution is 5.90.